The predicted octanol–water partition coefficient (Wildman–Crippen LogP) is 3.60. The molecule has 0 spiro atoms. The highest BCUT2D eigenvalue weighted by molar-refractivity contribution is 7.13. The van der Waals surface area contributed by atoms with E-state index in [1.807, 2.05) is 0 Å². The second-order valence-corrected chi connectivity index (χ2v) is 9.03. The molecule has 2 aromatic heterocycles. The van der Waals surface area contributed by atoms with E-state index in [4.69, 9.17) is 4.74 Å². The molecule has 2 heterocycles. The lowest BCUT2D eigenvalue weighted by molar-refractivity contribution is -0.142. The Kier molecular flexibility index (Phi) is 6.96. The zero-order chi connectivity index (χ0) is 24.3. The van der Waals surface area contributed by atoms with E-state index in [0.717, 1.165) is 0 Å². The average Bonchev–Trinajstić information content (AvgIpc) is 3.49. The summed E-state index contributed by atoms with van der Waals surface area (Å²) >= 11 is 1.17. The van der Waals surface area contributed by atoms with Crippen LogP contribution in [0.5, 0.6) is 0 Å². The Morgan fingerprint density at radius 1 is 1.32 bits per heavy atom. The summed E-state index contributed by atoms with van der Waals surface area (Å²) in [4.78, 5) is 30.6. The van der Waals surface area contributed by atoms with Gasteiger partial charge in [0.2, 0.25) is 17.7 Å². The minimum atomic E-state index is -2.79. The van der Waals surface area contributed by atoms with Crippen molar-refractivity contribution in [1.29, 1.82) is 0 Å². The largest absolute Gasteiger partial charge is 0.466 e. The number of anilines is 1. The van der Waals surface area contributed by atoms with Crippen molar-refractivity contribution in [2.45, 2.75) is 44.4 Å². The molecule has 0 aliphatic heterocycles. The summed E-state index contributed by atoms with van der Waals surface area (Å²) < 4.78 is 33.0. The van der Waals surface area contributed by atoms with Crippen molar-refractivity contribution in [2.75, 3.05) is 11.9 Å². The second-order valence-electron chi connectivity index (χ2n) is 8.18. The monoisotopic (exact) mass is 490 g/mol. The number of carbonyl (C=O) groups excluding carboxylic acids is 2. The van der Waals surface area contributed by atoms with Crippen LogP contribution in [0.15, 0.2) is 29.6 Å². The van der Waals surface area contributed by atoms with Gasteiger partial charge in [0, 0.05) is 23.8 Å². The standard InChI is InChI=1S/C22H24F2N6O3S/c1-3-33-17(31)10-16-12-34-21(25-16)26-20(32)18(15-8-9-22(23,24)11-15)13-4-6-14(7-5-13)19-27-29-30(2)28-19/h4-7,12,15,18H,3,8-11H2,1-2H3,(H,25,26,32)/t15-,18+/m0/s1. The van der Waals surface area contributed by atoms with Gasteiger partial charge in [-0.25, -0.2) is 13.8 Å². The van der Waals surface area contributed by atoms with E-state index in [2.05, 4.69) is 25.7 Å². The van der Waals surface area contributed by atoms with Crippen LogP contribution in [0.4, 0.5) is 13.9 Å². The summed E-state index contributed by atoms with van der Waals surface area (Å²) in [6, 6.07) is 6.97. The average molecular weight is 491 g/mol. The molecule has 9 nitrogen and oxygen atoms in total. The molecule has 1 amide bonds. The number of carbonyl (C=O) groups is 2. The number of aromatic nitrogens is 5. The van der Waals surface area contributed by atoms with Gasteiger partial charge in [-0.3, -0.25) is 9.59 Å². The predicted molar refractivity (Wildman–Crippen MR) is 120 cm³/mol. The van der Waals surface area contributed by atoms with E-state index >= 15 is 0 Å². The summed E-state index contributed by atoms with van der Waals surface area (Å²) in [5, 5.41) is 16.6. The third kappa shape index (κ3) is 5.61. The number of nitrogens with zero attached hydrogens (tertiary/aromatic N) is 5. The van der Waals surface area contributed by atoms with Gasteiger partial charge in [-0.2, -0.15) is 4.80 Å². The smallest absolute Gasteiger partial charge is 0.311 e. The van der Waals surface area contributed by atoms with E-state index < -0.39 is 29.6 Å². The van der Waals surface area contributed by atoms with Gasteiger partial charge in [0.25, 0.3) is 0 Å². The first-order valence-electron chi connectivity index (χ1n) is 10.9. The van der Waals surface area contributed by atoms with Crippen LogP contribution in [-0.2, 0) is 27.8 Å². The van der Waals surface area contributed by atoms with E-state index in [9.17, 15) is 18.4 Å². The zero-order valence-corrected chi connectivity index (χ0v) is 19.5. The normalized spacial score (nSPS) is 17.9. The van der Waals surface area contributed by atoms with Crippen molar-refractivity contribution in [3.8, 4) is 11.4 Å². The first kappa shape index (κ1) is 23.9. The molecule has 1 aromatic carbocycles. The SMILES string of the molecule is CCOC(=O)Cc1csc(NC(=O)[C@H](c2ccc(-c3nnn(C)n3)cc2)[C@H]2CCC(F)(F)C2)n1. The van der Waals surface area contributed by atoms with Gasteiger partial charge in [-0.1, -0.05) is 24.3 Å². The fraction of sp³-hybridized carbons (Fsp3) is 0.455. The van der Waals surface area contributed by atoms with Gasteiger partial charge in [-0.15, -0.1) is 21.5 Å². The molecule has 1 N–H and O–H groups in total. The number of rotatable bonds is 8. The van der Waals surface area contributed by atoms with E-state index in [1.54, 1.807) is 43.6 Å². The zero-order valence-electron chi connectivity index (χ0n) is 18.7. The molecule has 1 aliphatic rings. The molecule has 12 heteroatoms. The fourth-order valence-corrected chi connectivity index (χ4v) is 4.85. The number of alkyl halides is 2. The first-order chi connectivity index (χ1) is 16.2. The number of nitrogens with one attached hydrogen (secondary N) is 1. The van der Waals surface area contributed by atoms with Crippen LogP contribution in [0.1, 0.15) is 43.4 Å². The molecule has 1 aliphatic carbocycles. The maximum absolute atomic E-state index is 14.0. The lowest BCUT2D eigenvalue weighted by Gasteiger charge is -2.23. The van der Waals surface area contributed by atoms with Gasteiger partial charge < -0.3 is 10.1 Å². The Labute approximate surface area is 198 Å². The quantitative estimate of drug-likeness (QED) is 0.480. The fourth-order valence-electron chi connectivity index (χ4n) is 4.13. The van der Waals surface area contributed by atoms with Gasteiger partial charge >= 0.3 is 5.97 Å². The minimum Gasteiger partial charge on any atom is -0.466 e. The van der Waals surface area contributed by atoms with Crippen molar-refractivity contribution >= 4 is 28.3 Å². The van der Waals surface area contributed by atoms with Crippen molar-refractivity contribution < 1.29 is 23.1 Å². The minimum absolute atomic E-state index is 0.00361. The number of benzene rings is 1. The highest BCUT2D eigenvalue weighted by Gasteiger charge is 2.45. The molecule has 1 saturated carbocycles. The molecular weight excluding hydrogens is 466 g/mol. The lowest BCUT2D eigenvalue weighted by atomic mass is 9.83. The van der Waals surface area contributed by atoms with Crippen LogP contribution < -0.4 is 5.32 Å². The van der Waals surface area contributed by atoms with Crippen molar-refractivity contribution in [1.82, 2.24) is 25.2 Å². The molecule has 180 valence electrons. The maximum Gasteiger partial charge on any atom is 0.311 e. The molecular formula is C22H24F2N6O3S. The summed E-state index contributed by atoms with van der Waals surface area (Å²) in [7, 11) is 1.66. The Bertz CT molecular complexity index is 1160. The summed E-state index contributed by atoms with van der Waals surface area (Å²) in [5.41, 5.74) is 1.80. The maximum atomic E-state index is 14.0. The van der Waals surface area contributed by atoms with Crippen LogP contribution >= 0.6 is 11.3 Å². The second kappa shape index (κ2) is 9.92. The molecule has 4 rings (SSSR count). The highest BCUT2D eigenvalue weighted by Crippen LogP contribution is 2.46. The molecule has 3 aromatic rings. The lowest BCUT2D eigenvalue weighted by Crippen LogP contribution is -2.27. The summed E-state index contributed by atoms with van der Waals surface area (Å²) in [6.07, 6.45) is -0.366. The Morgan fingerprint density at radius 3 is 2.71 bits per heavy atom. The molecule has 0 unspecified atom stereocenters. The summed E-state index contributed by atoms with van der Waals surface area (Å²) in [5.74, 6) is -4.48. The van der Waals surface area contributed by atoms with E-state index in [0.29, 0.717) is 27.8 Å². The number of ether oxygens (including phenoxy) is 1. The van der Waals surface area contributed by atoms with Crippen LogP contribution in [0, 0.1) is 5.92 Å². The number of halogens is 2. The van der Waals surface area contributed by atoms with Crippen LogP contribution in [0.3, 0.4) is 0 Å². The molecule has 0 radical (unpaired) electrons. The van der Waals surface area contributed by atoms with Gasteiger partial charge in [0.05, 0.1) is 31.7 Å². The number of esters is 1. The van der Waals surface area contributed by atoms with Gasteiger partial charge in [0.15, 0.2) is 5.13 Å². The van der Waals surface area contributed by atoms with Crippen LogP contribution in [-0.4, -0.2) is 49.6 Å². The first-order valence-corrected chi connectivity index (χ1v) is 11.7. The topological polar surface area (TPSA) is 112 Å². The number of thiazole rings is 1. The van der Waals surface area contributed by atoms with Gasteiger partial charge in [0.1, 0.15) is 0 Å². The Balaban J connectivity index is 1.54. The van der Waals surface area contributed by atoms with E-state index in [1.165, 1.54) is 16.1 Å². The number of aryl methyl sites for hydroxylation is 1. The van der Waals surface area contributed by atoms with Crippen molar-refractivity contribution in [3.63, 3.8) is 0 Å². The molecule has 1 fully saturated rings. The third-order valence-electron chi connectivity index (χ3n) is 5.64. The third-order valence-corrected chi connectivity index (χ3v) is 6.45. The molecule has 0 saturated heterocycles. The van der Waals surface area contributed by atoms with Gasteiger partial charge in [-0.05, 0) is 30.0 Å². The number of tetrazole rings is 1. The Hall–Kier alpha value is -3.28. The molecule has 34 heavy (non-hydrogen) atoms. The molecule has 0 bridgehead atoms. The van der Waals surface area contributed by atoms with Crippen molar-refractivity contribution in [2.24, 2.45) is 13.0 Å². The van der Waals surface area contributed by atoms with Crippen molar-refractivity contribution in [3.05, 3.63) is 40.9 Å². The van der Waals surface area contributed by atoms with Crippen LogP contribution in [0.2, 0.25) is 0 Å². The molecule has 2 atom stereocenters. The highest BCUT2D eigenvalue weighted by atomic mass is 32.1. The summed E-state index contributed by atoms with van der Waals surface area (Å²) in [6.45, 7) is 1.99. The Morgan fingerprint density at radius 2 is 2.09 bits per heavy atom. The van der Waals surface area contributed by atoms with Crippen LogP contribution in [0.25, 0.3) is 11.4 Å². The van der Waals surface area contributed by atoms with E-state index in [-0.39, 0.29) is 32.3 Å². The number of hydrogen-bond donors (Lipinski definition) is 1. The number of hydrogen-bond acceptors (Lipinski definition) is 8. The number of amides is 1.